The maximum absolute atomic E-state index is 11.6. The lowest BCUT2D eigenvalue weighted by Crippen LogP contribution is -2.26. The Bertz CT molecular complexity index is 785. The molecule has 0 bridgehead atoms. The van der Waals surface area contributed by atoms with Gasteiger partial charge in [0.05, 0.1) is 11.6 Å². The fourth-order valence-corrected chi connectivity index (χ4v) is 2.71. The van der Waals surface area contributed by atoms with Gasteiger partial charge in [-0.05, 0) is 19.4 Å². The third-order valence-electron chi connectivity index (χ3n) is 3.62. The van der Waals surface area contributed by atoms with E-state index >= 15 is 0 Å². The van der Waals surface area contributed by atoms with Crippen LogP contribution in [-0.2, 0) is 4.79 Å². The highest BCUT2D eigenvalue weighted by atomic mass is 16.4. The molecule has 1 unspecified atom stereocenters. The Morgan fingerprint density at radius 3 is 2.27 bits per heavy atom. The smallest absolute Gasteiger partial charge is 0.338 e. The van der Waals surface area contributed by atoms with Gasteiger partial charge in [0.2, 0.25) is 0 Å². The number of carboxylic acids is 1. The molecule has 0 spiro atoms. The average molecular weight is 297 g/mol. The van der Waals surface area contributed by atoms with Crippen LogP contribution in [0.1, 0.15) is 27.8 Å². The topological polar surface area (TPSA) is 109 Å². The molecule has 22 heavy (non-hydrogen) atoms. The normalized spacial score (nSPS) is 11.7. The van der Waals surface area contributed by atoms with Crippen molar-refractivity contribution in [3.8, 4) is 17.2 Å². The summed E-state index contributed by atoms with van der Waals surface area (Å²) in [5.74, 6) is -1.93. The number of nitrogens with two attached hydrogens (primary N) is 1. The molecule has 0 aliphatic rings. The molecular weight excluding hydrogens is 282 g/mol. The van der Waals surface area contributed by atoms with Gasteiger partial charge in [0.15, 0.2) is 6.04 Å². The Morgan fingerprint density at radius 1 is 1.23 bits per heavy atom. The number of carboxylic acid groups (broad SMARTS) is 1. The van der Waals surface area contributed by atoms with E-state index in [0.29, 0.717) is 22.5 Å². The molecule has 1 atom stereocenters. The van der Waals surface area contributed by atoms with Gasteiger partial charge in [0.25, 0.3) is 5.91 Å². The van der Waals surface area contributed by atoms with Crippen molar-refractivity contribution in [2.24, 2.45) is 5.73 Å². The molecule has 0 aliphatic heterocycles. The van der Waals surface area contributed by atoms with Crippen LogP contribution in [0.15, 0.2) is 30.3 Å². The number of hydrogen-bond donors (Lipinski definition) is 2. The quantitative estimate of drug-likeness (QED) is 0.899. The zero-order chi connectivity index (χ0) is 16.4. The first-order valence-corrected chi connectivity index (χ1v) is 6.59. The molecule has 1 heterocycles. The van der Waals surface area contributed by atoms with Crippen LogP contribution in [0.25, 0.3) is 11.1 Å². The monoisotopic (exact) mass is 297 g/mol. The van der Waals surface area contributed by atoms with Gasteiger partial charge in [0, 0.05) is 17.0 Å². The second kappa shape index (κ2) is 5.74. The SMILES string of the molecule is Cc1c(C(=O)O)c(-c2ccccc2)c(C)n1C(C#N)C(N)=O. The summed E-state index contributed by atoms with van der Waals surface area (Å²) in [5.41, 5.74) is 7.38. The predicted molar refractivity (Wildman–Crippen MR) is 80.1 cm³/mol. The minimum Gasteiger partial charge on any atom is -0.478 e. The third-order valence-corrected chi connectivity index (χ3v) is 3.62. The van der Waals surface area contributed by atoms with Crippen LogP contribution in [0, 0.1) is 25.2 Å². The lowest BCUT2D eigenvalue weighted by atomic mass is 10.0. The first kappa shape index (κ1) is 15.3. The summed E-state index contributed by atoms with van der Waals surface area (Å²) >= 11 is 0. The Balaban J connectivity index is 2.83. The summed E-state index contributed by atoms with van der Waals surface area (Å²) in [6.45, 7) is 3.24. The highest BCUT2D eigenvalue weighted by Gasteiger charge is 2.29. The fourth-order valence-electron chi connectivity index (χ4n) is 2.71. The second-order valence-electron chi connectivity index (χ2n) is 4.90. The van der Waals surface area contributed by atoms with Gasteiger partial charge in [-0.2, -0.15) is 5.26 Å². The van der Waals surface area contributed by atoms with Crippen LogP contribution in [0.2, 0.25) is 0 Å². The number of carbonyl (C=O) groups is 2. The molecule has 3 N–H and O–H groups in total. The number of benzene rings is 1. The second-order valence-corrected chi connectivity index (χ2v) is 4.90. The Labute approximate surface area is 127 Å². The predicted octanol–water partition coefficient (Wildman–Crippen LogP) is 2.02. The maximum Gasteiger partial charge on any atom is 0.338 e. The molecule has 0 saturated carbocycles. The van der Waals surface area contributed by atoms with Gasteiger partial charge in [-0.15, -0.1) is 0 Å². The van der Waals surface area contributed by atoms with Crippen molar-refractivity contribution in [2.45, 2.75) is 19.9 Å². The van der Waals surface area contributed by atoms with Gasteiger partial charge in [-0.1, -0.05) is 30.3 Å². The largest absolute Gasteiger partial charge is 0.478 e. The van der Waals surface area contributed by atoms with Crippen LogP contribution < -0.4 is 5.73 Å². The lowest BCUT2D eigenvalue weighted by molar-refractivity contribution is -0.119. The van der Waals surface area contributed by atoms with E-state index < -0.39 is 17.9 Å². The Kier molecular flexibility index (Phi) is 4.00. The molecule has 1 amide bonds. The number of carbonyl (C=O) groups excluding carboxylic acids is 1. The molecule has 1 aromatic heterocycles. The summed E-state index contributed by atoms with van der Waals surface area (Å²) in [6, 6.07) is 9.56. The number of primary amides is 1. The van der Waals surface area contributed by atoms with E-state index in [-0.39, 0.29) is 5.56 Å². The number of nitriles is 1. The molecule has 2 rings (SSSR count). The first-order valence-electron chi connectivity index (χ1n) is 6.59. The highest BCUT2D eigenvalue weighted by Crippen LogP contribution is 2.34. The molecular formula is C16H15N3O3. The first-order chi connectivity index (χ1) is 10.4. The summed E-state index contributed by atoms with van der Waals surface area (Å²) < 4.78 is 1.38. The summed E-state index contributed by atoms with van der Waals surface area (Å²) in [7, 11) is 0. The fraction of sp³-hybridized carbons (Fsp3) is 0.188. The van der Waals surface area contributed by atoms with Crippen LogP contribution in [-0.4, -0.2) is 21.6 Å². The Morgan fingerprint density at radius 2 is 1.82 bits per heavy atom. The van der Waals surface area contributed by atoms with Crippen molar-refractivity contribution in [3.05, 3.63) is 47.3 Å². The molecule has 6 nitrogen and oxygen atoms in total. The molecule has 1 aromatic carbocycles. The van der Waals surface area contributed by atoms with Crippen LogP contribution in [0.4, 0.5) is 0 Å². The minimum atomic E-state index is -1.24. The molecule has 0 fully saturated rings. The maximum atomic E-state index is 11.6. The lowest BCUT2D eigenvalue weighted by Gasteiger charge is -2.13. The zero-order valence-corrected chi connectivity index (χ0v) is 12.2. The van der Waals surface area contributed by atoms with E-state index in [9.17, 15) is 20.0 Å². The van der Waals surface area contributed by atoms with Gasteiger partial charge < -0.3 is 15.4 Å². The van der Waals surface area contributed by atoms with Crippen molar-refractivity contribution >= 4 is 11.9 Å². The van der Waals surface area contributed by atoms with Gasteiger partial charge in [-0.25, -0.2) is 4.79 Å². The number of hydrogen-bond acceptors (Lipinski definition) is 3. The van der Waals surface area contributed by atoms with E-state index in [1.807, 2.05) is 12.1 Å². The van der Waals surface area contributed by atoms with E-state index in [4.69, 9.17) is 5.73 Å². The van der Waals surface area contributed by atoms with Crippen LogP contribution in [0.3, 0.4) is 0 Å². The Hall–Kier alpha value is -3.07. The molecule has 6 heteroatoms. The van der Waals surface area contributed by atoms with E-state index in [1.165, 1.54) is 4.57 Å². The average Bonchev–Trinajstić information content (AvgIpc) is 2.73. The number of aromatic carboxylic acids is 1. The van der Waals surface area contributed by atoms with Crippen molar-refractivity contribution < 1.29 is 14.7 Å². The van der Waals surface area contributed by atoms with Crippen molar-refractivity contribution in [1.82, 2.24) is 4.57 Å². The van der Waals surface area contributed by atoms with Crippen molar-refractivity contribution in [2.75, 3.05) is 0 Å². The number of amides is 1. The standard InChI is InChI=1S/C16H15N3O3/c1-9-13(11-6-4-3-5-7-11)14(16(21)22)10(2)19(9)12(8-17)15(18)20/h3-7,12H,1-2H3,(H2,18,20)(H,21,22). The van der Waals surface area contributed by atoms with Crippen LogP contribution >= 0.6 is 0 Å². The van der Waals surface area contributed by atoms with Crippen LogP contribution in [0.5, 0.6) is 0 Å². The number of nitrogens with zero attached hydrogens (tertiary/aromatic N) is 2. The van der Waals surface area contributed by atoms with Gasteiger partial charge >= 0.3 is 5.97 Å². The van der Waals surface area contributed by atoms with Gasteiger partial charge in [-0.3, -0.25) is 4.79 Å². The minimum absolute atomic E-state index is 0.0743. The molecule has 0 aliphatic carbocycles. The zero-order valence-electron chi connectivity index (χ0n) is 12.2. The van der Waals surface area contributed by atoms with E-state index in [0.717, 1.165) is 0 Å². The molecule has 2 aromatic rings. The third kappa shape index (κ3) is 2.33. The molecule has 0 saturated heterocycles. The van der Waals surface area contributed by atoms with E-state index in [2.05, 4.69) is 0 Å². The number of aromatic nitrogens is 1. The molecule has 112 valence electrons. The summed E-state index contributed by atoms with van der Waals surface area (Å²) in [4.78, 5) is 23.1. The van der Waals surface area contributed by atoms with Crippen molar-refractivity contribution in [3.63, 3.8) is 0 Å². The van der Waals surface area contributed by atoms with E-state index in [1.54, 1.807) is 38.1 Å². The summed E-state index contributed by atoms with van der Waals surface area (Å²) in [6.07, 6.45) is 0. The summed E-state index contributed by atoms with van der Waals surface area (Å²) in [5, 5.41) is 18.7. The highest BCUT2D eigenvalue weighted by molar-refractivity contribution is 5.99. The molecule has 0 radical (unpaired) electrons. The number of rotatable bonds is 4. The van der Waals surface area contributed by atoms with Gasteiger partial charge in [0.1, 0.15) is 0 Å². The van der Waals surface area contributed by atoms with Crippen molar-refractivity contribution in [1.29, 1.82) is 5.26 Å².